The van der Waals surface area contributed by atoms with Gasteiger partial charge in [-0.2, -0.15) is 0 Å². The number of carbonyl (C=O) groups is 1. The van der Waals surface area contributed by atoms with Crippen LogP contribution in [0.3, 0.4) is 0 Å². The molecule has 0 unspecified atom stereocenters. The van der Waals surface area contributed by atoms with Crippen LogP contribution < -0.4 is 9.47 Å². The number of hydrogen-bond acceptors (Lipinski definition) is 4. The normalized spacial score (nSPS) is 30.2. The van der Waals surface area contributed by atoms with Gasteiger partial charge in [0.15, 0.2) is 11.5 Å². The predicted octanol–water partition coefficient (Wildman–Crippen LogP) is 5.74. The van der Waals surface area contributed by atoms with Crippen molar-refractivity contribution in [2.75, 3.05) is 13.9 Å². The van der Waals surface area contributed by atoms with Gasteiger partial charge in [0.25, 0.3) is 0 Å². The molecular weight excluding hydrogens is 388 g/mol. The zero-order valence-electron chi connectivity index (χ0n) is 17.9. The Bertz CT molecular complexity index is 1010. The third kappa shape index (κ3) is 3.24. The molecular formula is C27H28O4. The van der Waals surface area contributed by atoms with Crippen LogP contribution in [0.25, 0.3) is 17.2 Å². The van der Waals surface area contributed by atoms with E-state index in [1.54, 1.807) is 6.08 Å². The highest BCUT2D eigenvalue weighted by molar-refractivity contribution is 5.87. The summed E-state index contributed by atoms with van der Waals surface area (Å²) in [5.41, 5.74) is 4.94. The third-order valence-electron chi connectivity index (χ3n) is 7.94. The number of hydrogen-bond donors (Lipinski definition) is 0. The van der Waals surface area contributed by atoms with Crippen molar-refractivity contribution >= 4 is 12.0 Å². The van der Waals surface area contributed by atoms with Gasteiger partial charge in [-0.1, -0.05) is 24.3 Å². The number of esters is 1. The van der Waals surface area contributed by atoms with Gasteiger partial charge in [-0.05, 0) is 96.6 Å². The highest BCUT2D eigenvalue weighted by Crippen LogP contribution is 2.63. The summed E-state index contributed by atoms with van der Waals surface area (Å²) in [6.07, 6.45) is 11.4. The molecule has 4 saturated carbocycles. The van der Waals surface area contributed by atoms with Crippen LogP contribution in [0.1, 0.15) is 49.7 Å². The number of carbonyl (C=O) groups excluding carboxylic acids is 1. The molecule has 2 aromatic rings. The first-order valence-corrected chi connectivity index (χ1v) is 11.4. The maximum Gasteiger partial charge on any atom is 0.330 e. The summed E-state index contributed by atoms with van der Waals surface area (Å²) < 4.78 is 16.6. The lowest BCUT2D eigenvalue weighted by Gasteiger charge is -2.57. The van der Waals surface area contributed by atoms with Crippen molar-refractivity contribution in [3.05, 3.63) is 53.6 Å². The van der Waals surface area contributed by atoms with Crippen LogP contribution in [0.4, 0.5) is 0 Å². The molecule has 0 saturated heterocycles. The molecule has 0 radical (unpaired) electrons. The number of benzene rings is 2. The molecule has 4 nitrogen and oxygen atoms in total. The summed E-state index contributed by atoms with van der Waals surface area (Å²) in [6.45, 7) is 0.315. The van der Waals surface area contributed by atoms with Gasteiger partial charge in [-0.25, -0.2) is 4.79 Å². The number of ether oxygens (including phenoxy) is 3. The molecule has 0 amide bonds. The van der Waals surface area contributed by atoms with Crippen LogP contribution in [-0.4, -0.2) is 19.9 Å². The minimum absolute atomic E-state index is 0.256. The molecule has 1 heterocycles. The first kappa shape index (κ1) is 19.0. The van der Waals surface area contributed by atoms with Gasteiger partial charge in [0.1, 0.15) is 0 Å². The van der Waals surface area contributed by atoms with Gasteiger partial charge in [0.05, 0.1) is 7.11 Å². The van der Waals surface area contributed by atoms with Crippen molar-refractivity contribution in [3.63, 3.8) is 0 Å². The van der Waals surface area contributed by atoms with Crippen LogP contribution >= 0.6 is 0 Å². The minimum atomic E-state index is -0.347. The topological polar surface area (TPSA) is 44.8 Å². The molecule has 160 valence electrons. The third-order valence-corrected chi connectivity index (χ3v) is 7.94. The van der Waals surface area contributed by atoms with Gasteiger partial charge >= 0.3 is 5.97 Å². The molecule has 31 heavy (non-hydrogen) atoms. The van der Waals surface area contributed by atoms with E-state index in [1.165, 1.54) is 62.8 Å². The Kier molecular flexibility index (Phi) is 4.38. The molecule has 1 aliphatic heterocycles. The van der Waals surface area contributed by atoms with Crippen molar-refractivity contribution in [2.24, 2.45) is 17.8 Å². The Morgan fingerprint density at radius 3 is 2.29 bits per heavy atom. The smallest absolute Gasteiger partial charge is 0.330 e. The second kappa shape index (κ2) is 7.15. The highest BCUT2D eigenvalue weighted by Gasteiger charge is 2.53. The van der Waals surface area contributed by atoms with Crippen LogP contribution in [0.2, 0.25) is 0 Å². The molecule has 4 heteroatoms. The lowest BCUT2D eigenvalue weighted by molar-refractivity contribution is -0.134. The molecule has 5 aliphatic rings. The van der Waals surface area contributed by atoms with E-state index in [-0.39, 0.29) is 11.4 Å². The Balaban J connectivity index is 1.37. The first-order chi connectivity index (χ1) is 15.1. The Hall–Kier alpha value is -2.75. The van der Waals surface area contributed by atoms with Crippen LogP contribution in [0.5, 0.6) is 11.5 Å². The number of rotatable bonds is 4. The Morgan fingerprint density at radius 1 is 0.968 bits per heavy atom. The molecule has 2 aromatic carbocycles. The fourth-order valence-corrected chi connectivity index (χ4v) is 7.03. The van der Waals surface area contributed by atoms with E-state index in [0.717, 1.165) is 40.4 Å². The van der Waals surface area contributed by atoms with Gasteiger partial charge in [-0.15, -0.1) is 0 Å². The van der Waals surface area contributed by atoms with Gasteiger partial charge in [-0.3, -0.25) is 0 Å². The molecule has 7 rings (SSSR count). The second-order valence-electron chi connectivity index (χ2n) is 9.93. The molecule has 0 N–H and O–H groups in total. The molecule has 4 bridgehead atoms. The lowest BCUT2D eigenvalue weighted by Crippen LogP contribution is -2.48. The summed E-state index contributed by atoms with van der Waals surface area (Å²) in [5.74, 6) is 4.18. The maximum absolute atomic E-state index is 11.3. The van der Waals surface area contributed by atoms with E-state index in [2.05, 4.69) is 29.0 Å². The van der Waals surface area contributed by atoms with E-state index >= 15 is 0 Å². The van der Waals surface area contributed by atoms with Crippen LogP contribution in [0.15, 0.2) is 42.5 Å². The Labute approximate surface area is 183 Å². The second-order valence-corrected chi connectivity index (χ2v) is 9.93. The quantitative estimate of drug-likeness (QED) is 0.471. The molecule has 4 fully saturated rings. The van der Waals surface area contributed by atoms with E-state index in [0.29, 0.717) is 6.79 Å². The van der Waals surface area contributed by atoms with Crippen LogP contribution in [-0.2, 0) is 14.9 Å². The lowest BCUT2D eigenvalue weighted by atomic mass is 9.48. The SMILES string of the molecule is COC(=O)/C=C/c1ccc(-c2cc3c(c(C45CC6CC(CC(C6)C4)C5)c2)OCO3)cc1. The van der Waals surface area contributed by atoms with Gasteiger partial charge < -0.3 is 14.2 Å². The van der Waals surface area contributed by atoms with Gasteiger partial charge in [0.2, 0.25) is 6.79 Å². The minimum Gasteiger partial charge on any atom is -0.466 e. The average molecular weight is 417 g/mol. The first-order valence-electron chi connectivity index (χ1n) is 11.4. The van der Waals surface area contributed by atoms with Crippen molar-refractivity contribution < 1.29 is 19.0 Å². The summed E-state index contributed by atoms with van der Waals surface area (Å²) in [6, 6.07) is 12.8. The van der Waals surface area contributed by atoms with Crippen LogP contribution in [0, 0.1) is 17.8 Å². The summed E-state index contributed by atoms with van der Waals surface area (Å²) in [4.78, 5) is 11.3. The van der Waals surface area contributed by atoms with E-state index in [4.69, 9.17) is 9.47 Å². The molecule has 0 aromatic heterocycles. The van der Waals surface area contributed by atoms with E-state index < -0.39 is 0 Å². The fraction of sp³-hybridized carbons (Fsp3) is 0.444. The van der Waals surface area contributed by atoms with Crippen molar-refractivity contribution in [1.82, 2.24) is 0 Å². The zero-order chi connectivity index (χ0) is 21.0. The van der Waals surface area contributed by atoms with E-state index in [1.807, 2.05) is 12.1 Å². The fourth-order valence-electron chi connectivity index (χ4n) is 7.03. The van der Waals surface area contributed by atoms with E-state index in [9.17, 15) is 4.79 Å². The summed E-state index contributed by atoms with van der Waals surface area (Å²) in [7, 11) is 1.39. The standard InChI is InChI=1S/C27H28O4/c1-29-25(28)7-4-17-2-5-21(6-3-17)22-11-23(26-24(12-22)30-16-31-26)27-13-18-8-19(14-27)10-20(9-18)15-27/h2-7,11-12,18-20H,8-10,13-16H2,1H3/b7-4+. The monoisotopic (exact) mass is 416 g/mol. The molecule has 0 spiro atoms. The number of methoxy groups -OCH3 is 1. The highest BCUT2D eigenvalue weighted by atomic mass is 16.7. The van der Waals surface area contributed by atoms with Crippen molar-refractivity contribution in [1.29, 1.82) is 0 Å². The average Bonchev–Trinajstić information content (AvgIpc) is 3.25. The predicted molar refractivity (Wildman–Crippen MR) is 119 cm³/mol. The molecule has 0 atom stereocenters. The maximum atomic E-state index is 11.3. The van der Waals surface area contributed by atoms with Crippen molar-refractivity contribution in [3.8, 4) is 22.6 Å². The largest absolute Gasteiger partial charge is 0.466 e. The van der Waals surface area contributed by atoms with Gasteiger partial charge in [0, 0.05) is 11.6 Å². The summed E-state index contributed by atoms with van der Waals surface area (Å²) in [5, 5.41) is 0. The zero-order valence-corrected chi connectivity index (χ0v) is 17.9. The Morgan fingerprint density at radius 2 is 1.65 bits per heavy atom. The summed E-state index contributed by atoms with van der Waals surface area (Å²) >= 11 is 0. The molecule has 4 aliphatic carbocycles. The number of fused-ring (bicyclic) bond motifs is 1. The van der Waals surface area contributed by atoms with Crippen molar-refractivity contribution in [2.45, 2.75) is 43.9 Å².